The maximum absolute atomic E-state index is 12.3. The Morgan fingerprint density at radius 3 is 2.34 bits per heavy atom. The number of phenols is 1. The summed E-state index contributed by atoms with van der Waals surface area (Å²) < 4.78 is 40.1. The summed E-state index contributed by atoms with van der Waals surface area (Å²) in [6, 6.07) is 7.41. The first-order valence-electron chi connectivity index (χ1n) is 7.85. The molecular weight excluding hydrogens is 399 g/mol. The number of alkyl halides is 3. The topological polar surface area (TPSA) is 122 Å². The number of phenolic OH excluding ortho intramolecular Hbond substituents is 1. The summed E-state index contributed by atoms with van der Waals surface area (Å²) in [7, 11) is 1.29. The van der Waals surface area contributed by atoms with Gasteiger partial charge in [-0.05, 0) is 36.4 Å². The highest BCUT2D eigenvalue weighted by molar-refractivity contribution is 5.99. The zero-order chi connectivity index (χ0) is 21.8. The minimum Gasteiger partial charge on any atom is -0.502 e. The summed E-state index contributed by atoms with van der Waals surface area (Å²) in [4.78, 5) is 35.2. The van der Waals surface area contributed by atoms with Crippen LogP contribution < -0.4 is 10.1 Å². The van der Waals surface area contributed by atoms with Gasteiger partial charge in [0.15, 0.2) is 5.75 Å². The number of amides is 2. The summed E-state index contributed by atoms with van der Waals surface area (Å²) >= 11 is 0. The number of anilines is 1. The van der Waals surface area contributed by atoms with Gasteiger partial charge in [0.2, 0.25) is 5.91 Å². The van der Waals surface area contributed by atoms with E-state index in [0.29, 0.717) is 0 Å². The van der Waals surface area contributed by atoms with Crippen molar-refractivity contribution in [3.05, 3.63) is 58.1 Å². The van der Waals surface area contributed by atoms with Crippen LogP contribution in [0.3, 0.4) is 0 Å². The maximum atomic E-state index is 12.3. The number of nitrogens with one attached hydrogen (secondary N) is 1. The van der Waals surface area contributed by atoms with Gasteiger partial charge in [0.05, 0.1) is 11.5 Å². The van der Waals surface area contributed by atoms with Gasteiger partial charge in [0, 0.05) is 24.4 Å². The number of hydrogen-bond donors (Lipinski definition) is 2. The van der Waals surface area contributed by atoms with E-state index >= 15 is 0 Å². The third-order valence-electron chi connectivity index (χ3n) is 3.52. The average molecular weight is 413 g/mol. The number of carbonyl (C=O) groups excluding carboxylic acids is 2. The Balaban J connectivity index is 1.97. The first kappa shape index (κ1) is 21.5. The number of hydrogen-bond acceptors (Lipinski definition) is 6. The monoisotopic (exact) mass is 413 g/mol. The molecule has 0 fully saturated rings. The number of nitrogens with zero attached hydrogens (tertiary/aromatic N) is 2. The Morgan fingerprint density at radius 1 is 1.21 bits per heavy atom. The molecule has 0 aliphatic heterocycles. The van der Waals surface area contributed by atoms with E-state index in [1.807, 2.05) is 0 Å². The van der Waals surface area contributed by atoms with Gasteiger partial charge >= 0.3 is 12.0 Å². The number of nitro benzene ring substituents is 1. The van der Waals surface area contributed by atoms with Crippen LogP contribution >= 0.6 is 0 Å². The third kappa shape index (κ3) is 6.09. The largest absolute Gasteiger partial charge is 0.573 e. The zero-order valence-corrected chi connectivity index (χ0v) is 14.8. The van der Waals surface area contributed by atoms with Crippen molar-refractivity contribution < 1.29 is 37.5 Å². The molecule has 2 aromatic rings. The van der Waals surface area contributed by atoms with E-state index in [2.05, 4.69) is 10.1 Å². The predicted octanol–water partition coefficient (Wildman–Crippen LogP) is 2.91. The van der Waals surface area contributed by atoms with E-state index in [9.17, 15) is 38.0 Å². The third-order valence-corrected chi connectivity index (χ3v) is 3.52. The molecule has 0 heterocycles. The number of likely N-dealkylation sites (N-methyl/N-ethyl adjacent to an activating group) is 1. The van der Waals surface area contributed by atoms with E-state index in [0.717, 1.165) is 35.2 Å². The van der Waals surface area contributed by atoms with Crippen LogP contribution in [-0.2, 0) is 4.79 Å². The van der Waals surface area contributed by atoms with Crippen molar-refractivity contribution in [2.45, 2.75) is 6.36 Å². The van der Waals surface area contributed by atoms with Crippen LogP contribution in [-0.4, -0.2) is 46.7 Å². The van der Waals surface area contributed by atoms with Crippen LogP contribution in [0, 0.1) is 10.1 Å². The Morgan fingerprint density at radius 2 is 1.83 bits per heavy atom. The van der Waals surface area contributed by atoms with Crippen molar-refractivity contribution in [2.75, 3.05) is 18.9 Å². The van der Waals surface area contributed by atoms with Crippen molar-refractivity contribution in [3.63, 3.8) is 0 Å². The molecule has 12 heteroatoms. The lowest BCUT2D eigenvalue weighted by Gasteiger charge is -2.17. The molecule has 9 nitrogen and oxygen atoms in total. The van der Waals surface area contributed by atoms with Gasteiger partial charge in [-0.2, -0.15) is 0 Å². The highest BCUT2D eigenvalue weighted by atomic mass is 19.4. The second-order valence-corrected chi connectivity index (χ2v) is 5.74. The van der Waals surface area contributed by atoms with Crippen LogP contribution in [0.1, 0.15) is 10.4 Å². The first-order chi connectivity index (χ1) is 13.5. The number of aromatic hydroxyl groups is 1. The Kier molecular flexibility index (Phi) is 6.26. The fraction of sp³-hybridized carbons (Fsp3) is 0.176. The number of ether oxygens (including phenoxy) is 1. The predicted molar refractivity (Wildman–Crippen MR) is 93.5 cm³/mol. The van der Waals surface area contributed by atoms with E-state index in [4.69, 9.17) is 0 Å². The van der Waals surface area contributed by atoms with E-state index in [-0.39, 0.29) is 11.3 Å². The molecule has 2 N–H and O–H groups in total. The van der Waals surface area contributed by atoms with Crippen molar-refractivity contribution in [1.29, 1.82) is 0 Å². The highest BCUT2D eigenvalue weighted by Gasteiger charge is 2.31. The molecule has 0 bridgehead atoms. The SMILES string of the molecule is CN(CC(=O)Nc1ccc(OC(F)(F)F)cc1)C(=O)c1ccc([N+](=O)[O-])c(O)c1. The Hall–Kier alpha value is -3.83. The molecule has 0 aliphatic rings. The molecular formula is C17H14F3N3O6. The van der Waals surface area contributed by atoms with Crippen molar-refractivity contribution in [1.82, 2.24) is 4.90 Å². The Bertz CT molecular complexity index is 931. The molecule has 0 unspecified atom stereocenters. The van der Waals surface area contributed by atoms with E-state index in [1.54, 1.807) is 0 Å². The normalized spacial score (nSPS) is 10.9. The standard InChI is InChI=1S/C17H14F3N3O6/c1-22(16(26)10-2-7-13(23(27)28)14(24)8-10)9-15(25)21-11-3-5-12(6-4-11)29-17(18,19)20/h2-8,24H,9H2,1H3,(H,21,25). The quantitative estimate of drug-likeness (QED) is 0.555. The van der Waals surface area contributed by atoms with Gasteiger partial charge < -0.3 is 20.1 Å². The molecule has 0 saturated heterocycles. The van der Waals surface area contributed by atoms with Crippen LogP contribution in [0.5, 0.6) is 11.5 Å². The van der Waals surface area contributed by atoms with Crippen LogP contribution in [0.2, 0.25) is 0 Å². The Labute approximate surface area is 161 Å². The molecule has 0 saturated carbocycles. The van der Waals surface area contributed by atoms with Gasteiger partial charge in [-0.25, -0.2) is 0 Å². The molecule has 0 aliphatic carbocycles. The van der Waals surface area contributed by atoms with Crippen LogP contribution in [0.15, 0.2) is 42.5 Å². The molecule has 0 radical (unpaired) electrons. The number of benzene rings is 2. The molecule has 2 rings (SSSR count). The second kappa shape index (κ2) is 8.46. The van der Waals surface area contributed by atoms with Crippen LogP contribution in [0.4, 0.5) is 24.5 Å². The van der Waals surface area contributed by atoms with Crippen LogP contribution in [0.25, 0.3) is 0 Å². The molecule has 0 atom stereocenters. The molecule has 154 valence electrons. The number of rotatable bonds is 6. The van der Waals surface area contributed by atoms with Gasteiger partial charge in [0.25, 0.3) is 5.91 Å². The molecule has 0 aromatic heterocycles. The highest BCUT2D eigenvalue weighted by Crippen LogP contribution is 2.27. The van der Waals surface area contributed by atoms with Gasteiger partial charge in [-0.3, -0.25) is 19.7 Å². The van der Waals surface area contributed by atoms with E-state index in [1.165, 1.54) is 19.2 Å². The van der Waals surface area contributed by atoms with E-state index < -0.39 is 46.8 Å². The van der Waals surface area contributed by atoms with Crippen molar-refractivity contribution in [3.8, 4) is 11.5 Å². The molecule has 2 amide bonds. The summed E-state index contributed by atoms with van der Waals surface area (Å²) in [6.45, 7) is -0.419. The summed E-state index contributed by atoms with van der Waals surface area (Å²) in [5.41, 5.74) is -0.463. The van der Waals surface area contributed by atoms with Gasteiger partial charge in [-0.15, -0.1) is 13.2 Å². The first-order valence-corrected chi connectivity index (χ1v) is 7.85. The number of halogens is 3. The fourth-order valence-electron chi connectivity index (χ4n) is 2.26. The lowest BCUT2D eigenvalue weighted by molar-refractivity contribution is -0.385. The minimum absolute atomic E-state index is 0.0722. The average Bonchev–Trinajstić information content (AvgIpc) is 2.61. The minimum atomic E-state index is -4.83. The summed E-state index contributed by atoms with van der Waals surface area (Å²) in [5.74, 6) is -2.48. The second-order valence-electron chi connectivity index (χ2n) is 5.74. The summed E-state index contributed by atoms with van der Waals surface area (Å²) in [6.07, 6.45) is -4.83. The lowest BCUT2D eigenvalue weighted by atomic mass is 10.1. The lowest BCUT2D eigenvalue weighted by Crippen LogP contribution is -2.34. The molecule has 2 aromatic carbocycles. The summed E-state index contributed by atoms with van der Waals surface area (Å²) in [5, 5.41) is 22.7. The maximum Gasteiger partial charge on any atom is 0.573 e. The van der Waals surface area contributed by atoms with Crippen molar-refractivity contribution >= 4 is 23.2 Å². The smallest absolute Gasteiger partial charge is 0.502 e. The molecule has 0 spiro atoms. The molecule has 29 heavy (non-hydrogen) atoms. The zero-order valence-electron chi connectivity index (χ0n) is 14.8. The van der Waals surface area contributed by atoms with Gasteiger partial charge in [-0.1, -0.05) is 0 Å². The number of carbonyl (C=O) groups is 2. The fourth-order valence-corrected chi connectivity index (χ4v) is 2.26. The van der Waals surface area contributed by atoms with Crippen molar-refractivity contribution in [2.24, 2.45) is 0 Å². The van der Waals surface area contributed by atoms with Gasteiger partial charge in [0.1, 0.15) is 5.75 Å². The number of nitro groups is 1.